The lowest BCUT2D eigenvalue weighted by Gasteiger charge is -2.10. The number of carbonyl (C=O) groups excluding carboxylic acids is 1. The lowest BCUT2D eigenvalue weighted by molar-refractivity contribution is -0.420. The topological polar surface area (TPSA) is 72.2 Å². The molecule has 1 aromatic carbocycles. The summed E-state index contributed by atoms with van der Waals surface area (Å²) in [4.78, 5) is 22.3. The third-order valence-electron chi connectivity index (χ3n) is 2.17. The Morgan fingerprint density at radius 1 is 1.29 bits per heavy atom. The van der Waals surface area contributed by atoms with E-state index < -0.39 is 4.92 Å². The minimum atomic E-state index is -0.570. The van der Waals surface area contributed by atoms with Gasteiger partial charge in [-0.15, -0.1) is 0 Å². The third kappa shape index (κ3) is 2.36. The predicted octanol–water partition coefficient (Wildman–Crippen LogP) is 2.12. The van der Waals surface area contributed by atoms with Gasteiger partial charge in [0.1, 0.15) is 0 Å². The Balaban J connectivity index is 2.42. The largest absolute Gasteiger partial charge is 0.317 e. The highest BCUT2D eigenvalue weighted by Crippen LogP contribution is 2.19. The number of rotatable bonds is 3. The standard InChI is InChI=1S/C11H8N2O3S/c14-11(8-4-2-1-3-5-8)10-9(13(15)16)6-7-17-12-10/h1-7,12H. The van der Waals surface area contributed by atoms with Gasteiger partial charge in [0.15, 0.2) is 5.70 Å². The lowest BCUT2D eigenvalue weighted by Crippen LogP contribution is -2.21. The fraction of sp³-hybridized carbons (Fsp3) is 0. The van der Waals surface area contributed by atoms with Crippen molar-refractivity contribution in [3.05, 3.63) is 68.9 Å². The van der Waals surface area contributed by atoms with Crippen molar-refractivity contribution in [1.82, 2.24) is 4.72 Å². The molecule has 6 heteroatoms. The zero-order valence-electron chi connectivity index (χ0n) is 8.62. The van der Waals surface area contributed by atoms with Gasteiger partial charge in [0.2, 0.25) is 5.78 Å². The fourth-order valence-electron chi connectivity index (χ4n) is 1.38. The molecule has 5 nitrogen and oxygen atoms in total. The molecule has 0 aromatic heterocycles. The van der Waals surface area contributed by atoms with Crippen LogP contribution in [0.2, 0.25) is 0 Å². The quantitative estimate of drug-likeness (QED) is 0.384. The van der Waals surface area contributed by atoms with Crippen LogP contribution < -0.4 is 4.72 Å². The van der Waals surface area contributed by atoms with E-state index >= 15 is 0 Å². The molecular weight excluding hydrogens is 240 g/mol. The van der Waals surface area contributed by atoms with Crippen molar-refractivity contribution in [1.29, 1.82) is 0 Å². The number of nitrogens with one attached hydrogen (secondary N) is 1. The maximum absolute atomic E-state index is 12.0. The fourth-order valence-corrected chi connectivity index (χ4v) is 1.96. The van der Waals surface area contributed by atoms with Crippen LogP contribution in [-0.2, 0) is 0 Å². The maximum atomic E-state index is 12.0. The number of hydrogen-bond acceptors (Lipinski definition) is 5. The first-order valence-electron chi connectivity index (χ1n) is 4.77. The minimum Gasteiger partial charge on any atom is -0.317 e. The van der Waals surface area contributed by atoms with E-state index in [4.69, 9.17) is 0 Å². The van der Waals surface area contributed by atoms with Crippen molar-refractivity contribution in [3.8, 4) is 0 Å². The van der Waals surface area contributed by atoms with Gasteiger partial charge < -0.3 is 4.72 Å². The number of Topliss-reactive ketones (excluding diaryl/α,β-unsaturated/α-hetero) is 1. The second-order valence-corrected chi connectivity index (χ2v) is 3.95. The highest BCUT2D eigenvalue weighted by Gasteiger charge is 2.25. The normalized spacial score (nSPS) is 14.4. The van der Waals surface area contributed by atoms with E-state index in [0.29, 0.717) is 5.56 Å². The number of allylic oxidation sites excluding steroid dienone is 2. The molecule has 0 unspecified atom stereocenters. The van der Waals surface area contributed by atoms with Gasteiger partial charge >= 0.3 is 0 Å². The molecule has 0 radical (unpaired) electrons. The van der Waals surface area contributed by atoms with Gasteiger partial charge in [-0.05, 0) is 17.4 Å². The second kappa shape index (κ2) is 4.84. The van der Waals surface area contributed by atoms with Gasteiger partial charge in [0.25, 0.3) is 5.70 Å². The van der Waals surface area contributed by atoms with Gasteiger partial charge in [0.05, 0.1) is 4.92 Å². The molecule has 17 heavy (non-hydrogen) atoms. The molecule has 0 fully saturated rings. The number of ketones is 1. The molecule has 2 rings (SSSR count). The molecule has 1 aliphatic heterocycles. The monoisotopic (exact) mass is 248 g/mol. The van der Waals surface area contributed by atoms with Gasteiger partial charge in [0, 0.05) is 11.6 Å². The summed E-state index contributed by atoms with van der Waals surface area (Å²) < 4.78 is 2.67. The van der Waals surface area contributed by atoms with E-state index in [1.807, 2.05) is 0 Å². The Morgan fingerprint density at radius 3 is 2.65 bits per heavy atom. The Labute approximate surface area is 101 Å². The zero-order chi connectivity index (χ0) is 12.3. The Kier molecular flexibility index (Phi) is 3.24. The summed E-state index contributed by atoms with van der Waals surface area (Å²) in [6.07, 6.45) is 1.32. The predicted molar refractivity (Wildman–Crippen MR) is 64.7 cm³/mol. The van der Waals surface area contributed by atoms with Crippen LogP contribution >= 0.6 is 11.9 Å². The SMILES string of the molecule is O=C(C1=C([N+](=O)[O-])C=CSN1)c1ccccc1. The van der Waals surface area contributed by atoms with Crippen LogP contribution in [-0.4, -0.2) is 10.7 Å². The smallest absolute Gasteiger partial charge is 0.297 e. The number of nitro groups is 1. The van der Waals surface area contributed by atoms with Crippen molar-refractivity contribution in [2.24, 2.45) is 0 Å². The van der Waals surface area contributed by atoms with Crippen LogP contribution in [0, 0.1) is 10.1 Å². The summed E-state index contributed by atoms with van der Waals surface area (Å²) in [5.41, 5.74) is 0.219. The van der Waals surface area contributed by atoms with Crippen LogP contribution in [0.1, 0.15) is 10.4 Å². The van der Waals surface area contributed by atoms with Crippen molar-refractivity contribution in [3.63, 3.8) is 0 Å². The molecule has 1 aliphatic rings. The molecule has 86 valence electrons. The summed E-state index contributed by atoms with van der Waals surface area (Å²) in [5, 5.41) is 12.3. The second-order valence-electron chi connectivity index (χ2n) is 3.24. The van der Waals surface area contributed by atoms with E-state index in [2.05, 4.69) is 4.72 Å². The zero-order valence-corrected chi connectivity index (χ0v) is 9.44. The van der Waals surface area contributed by atoms with E-state index in [9.17, 15) is 14.9 Å². The molecule has 0 atom stereocenters. The molecular formula is C11H8N2O3S. The van der Waals surface area contributed by atoms with Crippen LogP contribution in [0.15, 0.2) is 53.2 Å². The summed E-state index contributed by atoms with van der Waals surface area (Å²) in [6.45, 7) is 0. The highest BCUT2D eigenvalue weighted by atomic mass is 32.2. The van der Waals surface area contributed by atoms with Crippen molar-refractivity contribution < 1.29 is 9.72 Å². The van der Waals surface area contributed by atoms with Gasteiger partial charge in [-0.1, -0.05) is 30.3 Å². The van der Waals surface area contributed by atoms with E-state index in [1.165, 1.54) is 11.5 Å². The van der Waals surface area contributed by atoms with Crippen molar-refractivity contribution in [2.45, 2.75) is 0 Å². The molecule has 0 aliphatic carbocycles. The number of hydrogen-bond donors (Lipinski definition) is 1. The van der Waals surface area contributed by atoms with Crippen LogP contribution in [0.4, 0.5) is 0 Å². The lowest BCUT2D eigenvalue weighted by atomic mass is 10.1. The molecule has 0 amide bonds. The first-order valence-corrected chi connectivity index (χ1v) is 5.65. The molecule has 0 spiro atoms. The van der Waals surface area contributed by atoms with Gasteiger partial charge in [-0.2, -0.15) is 0 Å². The average Bonchev–Trinajstić information content (AvgIpc) is 2.39. The molecule has 1 N–H and O–H groups in total. The molecule has 1 heterocycles. The summed E-state index contributed by atoms with van der Waals surface area (Å²) in [5.74, 6) is -0.380. The molecule has 0 bridgehead atoms. The van der Waals surface area contributed by atoms with Gasteiger partial charge in [-0.25, -0.2) is 0 Å². The van der Waals surface area contributed by atoms with Crippen LogP contribution in [0.5, 0.6) is 0 Å². The number of nitrogens with zero attached hydrogens (tertiary/aromatic N) is 1. The minimum absolute atomic E-state index is 0.00806. The summed E-state index contributed by atoms with van der Waals surface area (Å²) in [7, 11) is 0. The number of benzene rings is 1. The first-order chi connectivity index (χ1) is 8.20. The summed E-state index contributed by atoms with van der Waals surface area (Å²) in [6, 6.07) is 8.45. The van der Waals surface area contributed by atoms with Crippen molar-refractivity contribution in [2.75, 3.05) is 0 Å². The average molecular weight is 248 g/mol. The third-order valence-corrected chi connectivity index (χ3v) is 2.76. The summed E-state index contributed by atoms with van der Waals surface area (Å²) >= 11 is 1.13. The van der Waals surface area contributed by atoms with Gasteiger partial charge in [-0.3, -0.25) is 14.9 Å². The Hall–Kier alpha value is -2.08. The first kappa shape index (κ1) is 11.4. The highest BCUT2D eigenvalue weighted by molar-refractivity contribution is 8.00. The van der Waals surface area contributed by atoms with E-state index in [-0.39, 0.29) is 17.2 Å². The number of carbonyl (C=O) groups is 1. The van der Waals surface area contributed by atoms with E-state index in [1.54, 1.807) is 30.3 Å². The van der Waals surface area contributed by atoms with Crippen molar-refractivity contribution >= 4 is 17.7 Å². The molecule has 1 aromatic rings. The molecule has 0 saturated carbocycles. The Morgan fingerprint density at radius 2 is 2.00 bits per heavy atom. The molecule has 0 saturated heterocycles. The maximum Gasteiger partial charge on any atom is 0.297 e. The van der Waals surface area contributed by atoms with Crippen LogP contribution in [0.25, 0.3) is 0 Å². The Bertz CT molecular complexity index is 523. The van der Waals surface area contributed by atoms with Crippen LogP contribution in [0.3, 0.4) is 0 Å². The van der Waals surface area contributed by atoms with E-state index in [0.717, 1.165) is 11.9 Å².